The molecule has 2 aromatic carbocycles. The molecule has 0 amide bonds. The number of fused-ring (bicyclic) bond motifs is 3. The Labute approximate surface area is 161 Å². The predicted octanol–water partition coefficient (Wildman–Crippen LogP) is 4.90. The van der Waals surface area contributed by atoms with Gasteiger partial charge in [0.05, 0.1) is 25.9 Å². The monoisotopic (exact) mass is 368 g/mol. The molecule has 2 heterocycles. The van der Waals surface area contributed by atoms with Crippen LogP contribution in [0.5, 0.6) is 5.75 Å². The number of rotatable bonds is 5. The van der Waals surface area contributed by atoms with E-state index in [9.17, 15) is 0 Å². The number of hydrogen-bond acceptors (Lipinski definition) is 4. The van der Waals surface area contributed by atoms with Crippen molar-refractivity contribution in [2.24, 2.45) is 0 Å². The summed E-state index contributed by atoms with van der Waals surface area (Å²) in [4.78, 5) is 0. The second-order valence-corrected chi connectivity index (χ2v) is 7.44. The molecule has 2 aliphatic heterocycles. The van der Waals surface area contributed by atoms with Gasteiger partial charge < -0.3 is 18.9 Å². The first kappa shape index (κ1) is 18.5. The maximum atomic E-state index is 6.40. The van der Waals surface area contributed by atoms with Crippen molar-refractivity contribution < 1.29 is 18.9 Å². The highest BCUT2D eigenvalue weighted by molar-refractivity contribution is 5.41. The van der Waals surface area contributed by atoms with Gasteiger partial charge in [-0.25, -0.2) is 0 Å². The third-order valence-electron chi connectivity index (χ3n) is 5.80. The number of methoxy groups -OCH3 is 1. The summed E-state index contributed by atoms with van der Waals surface area (Å²) in [6.45, 7) is 6.93. The normalized spacial score (nSPS) is 29.3. The molecule has 0 N–H and O–H groups in total. The van der Waals surface area contributed by atoms with Crippen LogP contribution in [0.2, 0.25) is 0 Å². The van der Waals surface area contributed by atoms with E-state index >= 15 is 0 Å². The summed E-state index contributed by atoms with van der Waals surface area (Å²) in [7, 11) is 1.69. The highest BCUT2D eigenvalue weighted by Gasteiger charge is 2.50. The van der Waals surface area contributed by atoms with Crippen molar-refractivity contribution in [1.82, 2.24) is 0 Å². The van der Waals surface area contributed by atoms with E-state index in [0.29, 0.717) is 6.61 Å². The molecule has 1 unspecified atom stereocenters. The Bertz CT molecular complexity index is 803. The van der Waals surface area contributed by atoms with Gasteiger partial charge in [0, 0.05) is 0 Å². The molecule has 4 rings (SSSR count). The Balaban J connectivity index is 1.58. The van der Waals surface area contributed by atoms with Gasteiger partial charge in [0.2, 0.25) is 0 Å². The molecule has 4 nitrogen and oxygen atoms in total. The standard InChI is InChI=1S/C23H28O4/c1-5-20-22(25-13-16-9-7-6-8-14(16)2)23-21(27-20)18-11-10-17(24-4)12-19(18)15(3)26-23/h6-12,15,20-23H,5,13H2,1-4H3/t15?,20-,21-,22+,23+/m1/s1. The Morgan fingerprint density at radius 3 is 2.59 bits per heavy atom. The van der Waals surface area contributed by atoms with Gasteiger partial charge in [0.25, 0.3) is 0 Å². The molecule has 0 aromatic heterocycles. The average Bonchev–Trinajstić information content (AvgIpc) is 3.04. The fourth-order valence-electron chi connectivity index (χ4n) is 4.21. The van der Waals surface area contributed by atoms with E-state index in [1.165, 1.54) is 16.7 Å². The van der Waals surface area contributed by atoms with Crippen molar-refractivity contribution in [1.29, 1.82) is 0 Å². The molecule has 0 saturated carbocycles. The third-order valence-corrected chi connectivity index (χ3v) is 5.80. The zero-order valence-electron chi connectivity index (χ0n) is 16.5. The maximum Gasteiger partial charge on any atom is 0.119 e. The van der Waals surface area contributed by atoms with E-state index in [0.717, 1.165) is 17.7 Å². The maximum absolute atomic E-state index is 6.40. The molecule has 27 heavy (non-hydrogen) atoms. The molecular formula is C23H28O4. The first-order valence-electron chi connectivity index (χ1n) is 9.77. The molecule has 2 aromatic rings. The van der Waals surface area contributed by atoms with Crippen LogP contribution in [-0.4, -0.2) is 25.4 Å². The molecule has 5 atom stereocenters. The average molecular weight is 368 g/mol. The van der Waals surface area contributed by atoms with Gasteiger partial charge in [0.1, 0.15) is 24.1 Å². The van der Waals surface area contributed by atoms with Crippen LogP contribution in [-0.2, 0) is 20.8 Å². The first-order valence-corrected chi connectivity index (χ1v) is 9.77. The van der Waals surface area contributed by atoms with Gasteiger partial charge in [-0.1, -0.05) is 37.3 Å². The van der Waals surface area contributed by atoms with Crippen molar-refractivity contribution in [3.8, 4) is 5.75 Å². The van der Waals surface area contributed by atoms with Crippen LogP contribution in [0.1, 0.15) is 54.7 Å². The second kappa shape index (κ2) is 7.63. The van der Waals surface area contributed by atoms with Crippen molar-refractivity contribution >= 4 is 0 Å². The Morgan fingerprint density at radius 2 is 1.85 bits per heavy atom. The van der Waals surface area contributed by atoms with Crippen molar-refractivity contribution in [2.45, 2.75) is 64.3 Å². The van der Waals surface area contributed by atoms with E-state index in [2.05, 4.69) is 57.2 Å². The molecular weight excluding hydrogens is 340 g/mol. The van der Waals surface area contributed by atoms with E-state index < -0.39 is 0 Å². The highest BCUT2D eigenvalue weighted by Crippen LogP contribution is 2.47. The van der Waals surface area contributed by atoms with E-state index in [4.69, 9.17) is 18.9 Å². The summed E-state index contributed by atoms with van der Waals surface area (Å²) in [5.41, 5.74) is 4.80. The van der Waals surface area contributed by atoms with Crippen molar-refractivity contribution in [3.05, 3.63) is 64.7 Å². The van der Waals surface area contributed by atoms with E-state index in [-0.39, 0.29) is 30.5 Å². The second-order valence-electron chi connectivity index (χ2n) is 7.44. The van der Waals surface area contributed by atoms with Crippen LogP contribution in [0.15, 0.2) is 42.5 Å². The molecule has 1 saturated heterocycles. The van der Waals surface area contributed by atoms with Crippen LogP contribution in [0.4, 0.5) is 0 Å². The first-order chi connectivity index (χ1) is 13.1. The molecule has 4 heteroatoms. The quantitative estimate of drug-likeness (QED) is 0.752. The minimum atomic E-state index is -0.0890. The van der Waals surface area contributed by atoms with Crippen LogP contribution < -0.4 is 4.74 Å². The largest absolute Gasteiger partial charge is 0.497 e. The molecule has 0 spiro atoms. The zero-order valence-corrected chi connectivity index (χ0v) is 16.5. The smallest absolute Gasteiger partial charge is 0.119 e. The molecule has 0 aliphatic carbocycles. The summed E-state index contributed by atoms with van der Waals surface area (Å²) in [6, 6.07) is 14.5. The van der Waals surface area contributed by atoms with Gasteiger partial charge >= 0.3 is 0 Å². The lowest BCUT2D eigenvalue weighted by Gasteiger charge is -2.34. The van der Waals surface area contributed by atoms with Crippen LogP contribution in [0, 0.1) is 6.92 Å². The highest BCUT2D eigenvalue weighted by atomic mass is 16.6. The van der Waals surface area contributed by atoms with E-state index in [1.54, 1.807) is 7.11 Å². The summed E-state index contributed by atoms with van der Waals surface area (Å²) >= 11 is 0. The lowest BCUT2D eigenvalue weighted by molar-refractivity contribution is -0.108. The Hall–Kier alpha value is -1.88. The van der Waals surface area contributed by atoms with Crippen molar-refractivity contribution in [3.63, 3.8) is 0 Å². The summed E-state index contributed by atoms with van der Waals surface area (Å²) < 4.78 is 24.6. The summed E-state index contributed by atoms with van der Waals surface area (Å²) in [6.07, 6.45) is 0.666. The predicted molar refractivity (Wildman–Crippen MR) is 104 cm³/mol. The van der Waals surface area contributed by atoms with Gasteiger partial charge in [0.15, 0.2) is 0 Å². The third kappa shape index (κ3) is 3.38. The van der Waals surface area contributed by atoms with Crippen molar-refractivity contribution in [2.75, 3.05) is 7.11 Å². The zero-order chi connectivity index (χ0) is 19.0. The fourth-order valence-corrected chi connectivity index (χ4v) is 4.21. The van der Waals surface area contributed by atoms with Gasteiger partial charge in [-0.05, 0) is 54.7 Å². The van der Waals surface area contributed by atoms with E-state index in [1.807, 2.05) is 6.07 Å². The number of ether oxygens (including phenoxy) is 4. The lowest BCUT2D eigenvalue weighted by Crippen LogP contribution is -2.38. The van der Waals surface area contributed by atoms with Gasteiger partial charge in [-0.3, -0.25) is 0 Å². The minimum Gasteiger partial charge on any atom is -0.497 e. The Morgan fingerprint density at radius 1 is 1.04 bits per heavy atom. The number of benzene rings is 2. The fraction of sp³-hybridized carbons (Fsp3) is 0.478. The molecule has 1 fully saturated rings. The SMILES string of the molecule is CC[C@H]1O[C@@H]2c3ccc(OC)cc3C(C)O[C@@H]2[C@H]1OCc1ccccc1C. The minimum absolute atomic E-state index is 0.0138. The Kier molecular flexibility index (Phi) is 5.22. The van der Waals surface area contributed by atoms with Gasteiger partial charge in [-0.2, -0.15) is 0 Å². The summed E-state index contributed by atoms with van der Waals surface area (Å²) in [5, 5.41) is 0. The van der Waals surface area contributed by atoms with Crippen LogP contribution in [0.25, 0.3) is 0 Å². The van der Waals surface area contributed by atoms with Crippen LogP contribution in [0.3, 0.4) is 0 Å². The number of aryl methyl sites for hydroxylation is 1. The lowest BCUT2D eigenvalue weighted by atomic mass is 9.90. The molecule has 2 aliphatic rings. The topological polar surface area (TPSA) is 36.9 Å². The van der Waals surface area contributed by atoms with Gasteiger partial charge in [-0.15, -0.1) is 0 Å². The molecule has 0 radical (unpaired) electrons. The molecule has 144 valence electrons. The number of hydrogen-bond donors (Lipinski definition) is 0. The van der Waals surface area contributed by atoms with Crippen LogP contribution >= 0.6 is 0 Å². The summed E-state index contributed by atoms with van der Waals surface area (Å²) in [5.74, 6) is 0.847. The molecule has 0 bridgehead atoms.